The average molecular weight is 403 g/mol. The number of halogens is 1. The SMILES string of the molecule is NC(=O)CN1C(=O)C(O)(CC(=O)c2cccc(Br)c2)c2ccccc21. The lowest BCUT2D eigenvalue weighted by molar-refractivity contribution is -0.136. The molecule has 25 heavy (non-hydrogen) atoms. The first-order chi connectivity index (χ1) is 11.8. The second kappa shape index (κ2) is 6.42. The Balaban J connectivity index is 1.98. The summed E-state index contributed by atoms with van der Waals surface area (Å²) in [6.45, 7) is -0.358. The molecule has 2 aromatic rings. The number of fused-ring (bicyclic) bond motifs is 1. The molecule has 1 aliphatic heterocycles. The maximum absolute atomic E-state index is 12.8. The molecule has 1 heterocycles. The molecular weight excluding hydrogens is 388 g/mol. The summed E-state index contributed by atoms with van der Waals surface area (Å²) in [6, 6.07) is 13.2. The van der Waals surface area contributed by atoms with E-state index in [0.29, 0.717) is 16.8 Å². The fourth-order valence-electron chi connectivity index (χ4n) is 2.99. The van der Waals surface area contributed by atoms with Crippen LogP contribution in [0.1, 0.15) is 22.3 Å². The van der Waals surface area contributed by atoms with Gasteiger partial charge in [0.15, 0.2) is 11.4 Å². The molecule has 128 valence electrons. The van der Waals surface area contributed by atoms with Gasteiger partial charge in [0, 0.05) is 15.6 Å². The van der Waals surface area contributed by atoms with E-state index in [1.807, 2.05) is 0 Å². The molecular formula is C18H15BrN2O4. The summed E-state index contributed by atoms with van der Waals surface area (Å²) in [4.78, 5) is 37.8. The van der Waals surface area contributed by atoms with Crippen LogP contribution >= 0.6 is 15.9 Å². The number of para-hydroxylation sites is 1. The molecule has 3 rings (SSSR count). The Labute approximate surface area is 152 Å². The first-order valence-corrected chi connectivity index (χ1v) is 8.33. The molecule has 0 aromatic heterocycles. The van der Waals surface area contributed by atoms with Gasteiger partial charge >= 0.3 is 0 Å². The van der Waals surface area contributed by atoms with Gasteiger partial charge < -0.3 is 10.8 Å². The van der Waals surface area contributed by atoms with Crippen molar-refractivity contribution in [3.05, 3.63) is 64.1 Å². The van der Waals surface area contributed by atoms with E-state index in [-0.39, 0.29) is 12.3 Å². The Hall–Kier alpha value is -2.51. The van der Waals surface area contributed by atoms with E-state index in [9.17, 15) is 19.5 Å². The molecule has 0 saturated heterocycles. The van der Waals surface area contributed by atoms with Crippen molar-refractivity contribution in [2.75, 3.05) is 11.4 Å². The zero-order valence-electron chi connectivity index (χ0n) is 13.1. The lowest BCUT2D eigenvalue weighted by atomic mass is 9.88. The zero-order valence-corrected chi connectivity index (χ0v) is 14.7. The minimum Gasteiger partial charge on any atom is -0.375 e. The van der Waals surface area contributed by atoms with Gasteiger partial charge in [-0.25, -0.2) is 0 Å². The predicted molar refractivity (Wildman–Crippen MR) is 95.0 cm³/mol. The van der Waals surface area contributed by atoms with E-state index in [0.717, 1.165) is 9.37 Å². The number of anilines is 1. The summed E-state index contributed by atoms with van der Waals surface area (Å²) in [5.74, 6) is -1.81. The standard InChI is InChI=1S/C18H15BrN2O4/c19-12-5-3-4-11(8-12)15(22)9-18(25)13-6-1-2-7-14(13)21(17(18)24)10-16(20)23/h1-8,25H,9-10H2,(H2,20,23). The molecule has 0 fully saturated rings. The zero-order chi connectivity index (χ0) is 18.2. The molecule has 0 aliphatic carbocycles. The second-order valence-electron chi connectivity index (χ2n) is 5.85. The molecule has 2 amide bonds. The largest absolute Gasteiger partial charge is 0.375 e. The number of carbonyl (C=O) groups excluding carboxylic acids is 3. The van der Waals surface area contributed by atoms with Crippen LogP contribution in [0.15, 0.2) is 53.0 Å². The maximum atomic E-state index is 12.8. The van der Waals surface area contributed by atoms with E-state index >= 15 is 0 Å². The van der Waals surface area contributed by atoms with E-state index in [1.165, 1.54) is 0 Å². The minimum absolute atomic E-state index is 0.296. The minimum atomic E-state index is -2.02. The summed E-state index contributed by atoms with van der Waals surface area (Å²) >= 11 is 3.29. The maximum Gasteiger partial charge on any atom is 0.264 e. The highest BCUT2D eigenvalue weighted by atomic mass is 79.9. The number of amides is 2. The molecule has 1 aliphatic rings. The molecule has 7 heteroatoms. The van der Waals surface area contributed by atoms with Gasteiger partial charge in [-0.3, -0.25) is 19.3 Å². The highest BCUT2D eigenvalue weighted by Gasteiger charge is 2.51. The van der Waals surface area contributed by atoms with Crippen molar-refractivity contribution in [1.29, 1.82) is 0 Å². The summed E-state index contributed by atoms with van der Waals surface area (Å²) in [6.07, 6.45) is -0.422. The smallest absolute Gasteiger partial charge is 0.264 e. The van der Waals surface area contributed by atoms with Gasteiger partial charge in [-0.1, -0.05) is 46.3 Å². The van der Waals surface area contributed by atoms with Gasteiger partial charge in [0.05, 0.1) is 12.1 Å². The van der Waals surface area contributed by atoms with Gasteiger partial charge in [0.25, 0.3) is 5.91 Å². The van der Waals surface area contributed by atoms with Gasteiger partial charge in [-0.05, 0) is 18.2 Å². The molecule has 0 radical (unpaired) electrons. The van der Waals surface area contributed by atoms with Crippen LogP contribution in [0.4, 0.5) is 5.69 Å². The molecule has 2 aromatic carbocycles. The normalized spacial score (nSPS) is 19.0. The number of hydrogen-bond donors (Lipinski definition) is 2. The Morgan fingerprint density at radius 1 is 1.16 bits per heavy atom. The lowest BCUT2D eigenvalue weighted by Crippen LogP contribution is -2.44. The monoisotopic (exact) mass is 402 g/mol. The molecule has 0 spiro atoms. The average Bonchev–Trinajstić information content (AvgIpc) is 2.77. The van der Waals surface area contributed by atoms with Crippen molar-refractivity contribution in [3.63, 3.8) is 0 Å². The molecule has 0 bridgehead atoms. The van der Waals surface area contributed by atoms with Gasteiger partial charge in [-0.2, -0.15) is 0 Å². The fraction of sp³-hybridized carbons (Fsp3) is 0.167. The predicted octanol–water partition coefficient (Wildman–Crippen LogP) is 1.74. The number of nitrogens with zero attached hydrogens (tertiary/aromatic N) is 1. The van der Waals surface area contributed by atoms with Crippen molar-refractivity contribution in [1.82, 2.24) is 0 Å². The van der Waals surface area contributed by atoms with Crippen LogP contribution < -0.4 is 10.6 Å². The first kappa shape index (κ1) is 17.3. The van der Waals surface area contributed by atoms with Crippen molar-refractivity contribution >= 4 is 39.2 Å². The number of Topliss-reactive ketones (excluding diaryl/α,β-unsaturated/α-hetero) is 1. The van der Waals surface area contributed by atoms with Crippen molar-refractivity contribution in [2.45, 2.75) is 12.0 Å². The molecule has 1 unspecified atom stereocenters. The van der Waals surface area contributed by atoms with Crippen molar-refractivity contribution < 1.29 is 19.5 Å². The van der Waals surface area contributed by atoms with Crippen LogP contribution in [-0.4, -0.2) is 29.2 Å². The Bertz CT molecular complexity index is 883. The fourth-order valence-corrected chi connectivity index (χ4v) is 3.39. The van der Waals surface area contributed by atoms with Crippen molar-refractivity contribution in [2.24, 2.45) is 5.73 Å². The summed E-state index contributed by atoms with van der Waals surface area (Å²) in [7, 11) is 0. The number of rotatable bonds is 5. The summed E-state index contributed by atoms with van der Waals surface area (Å²) in [5, 5.41) is 11.0. The van der Waals surface area contributed by atoms with E-state index in [2.05, 4.69) is 15.9 Å². The lowest BCUT2D eigenvalue weighted by Gasteiger charge is -2.22. The molecule has 3 N–H and O–H groups in total. The Morgan fingerprint density at radius 3 is 2.56 bits per heavy atom. The van der Waals surface area contributed by atoms with E-state index in [1.54, 1.807) is 48.5 Å². The quantitative estimate of drug-likeness (QED) is 0.743. The summed E-state index contributed by atoms with van der Waals surface area (Å²) < 4.78 is 0.721. The van der Waals surface area contributed by atoms with Crippen LogP contribution in [0.5, 0.6) is 0 Å². The van der Waals surface area contributed by atoms with Crippen LogP contribution in [0, 0.1) is 0 Å². The van der Waals surface area contributed by atoms with Gasteiger partial charge in [0.1, 0.15) is 6.54 Å². The molecule has 0 saturated carbocycles. The highest BCUT2D eigenvalue weighted by molar-refractivity contribution is 9.10. The molecule has 1 atom stereocenters. The van der Waals surface area contributed by atoms with Crippen molar-refractivity contribution in [3.8, 4) is 0 Å². The van der Waals surface area contributed by atoms with Crippen LogP contribution in [-0.2, 0) is 15.2 Å². The Kier molecular flexibility index (Phi) is 4.45. The first-order valence-electron chi connectivity index (χ1n) is 7.54. The number of nitrogens with two attached hydrogens (primary N) is 1. The van der Waals surface area contributed by atoms with Gasteiger partial charge in [-0.15, -0.1) is 0 Å². The van der Waals surface area contributed by atoms with Crippen LogP contribution in [0.25, 0.3) is 0 Å². The van der Waals surface area contributed by atoms with Crippen LogP contribution in [0.2, 0.25) is 0 Å². The van der Waals surface area contributed by atoms with E-state index in [4.69, 9.17) is 5.73 Å². The number of primary amides is 1. The summed E-state index contributed by atoms with van der Waals surface area (Å²) in [5.41, 5.74) is 4.24. The number of aliphatic hydroxyl groups is 1. The third-order valence-corrected chi connectivity index (χ3v) is 4.61. The molecule has 6 nitrogen and oxygen atoms in total. The third-order valence-electron chi connectivity index (χ3n) is 4.12. The Morgan fingerprint density at radius 2 is 1.88 bits per heavy atom. The number of hydrogen-bond acceptors (Lipinski definition) is 4. The van der Waals surface area contributed by atoms with Gasteiger partial charge in [0.2, 0.25) is 5.91 Å². The van der Waals surface area contributed by atoms with E-state index < -0.39 is 23.8 Å². The third kappa shape index (κ3) is 3.08. The number of carbonyl (C=O) groups is 3. The topological polar surface area (TPSA) is 101 Å². The number of benzene rings is 2. The van der Waals surface area contributed by atoms with Crippen LogP contribution in [0.3, 0.4) is 0 Å². The highest BCUT2D eigenvalue weighted by Crippen LogP contribution is 2.42. The number of ketones is 1. The second-order valence-corrected chi connectivity index (χ2v) is 6.76.